The molecule has 1 heterocycles. The number of hydrogen-bond donors (Lipinski definition) is 1. The molecule has 0 unspecified atom stereocenters. The van der Waals surface area contributed by atoms with Gasteiger partial charge >= 0.3 is 0 Å². The number of aromatic nitrogens is 1. The van der Waals surface area contributed by atoms with Crippen molar-refractivity contribution >= 4 is 11.3 Å². The lowest BCUT2D eigenvalue weighted by Gasteiger charge is -2.04. The zero-order chi connectivity index (χ0) is 15.1. The zero-order valence-electron chi connectivity index (χ0n) is 12.8. The molecule has 1 aromatic heterocycles. The van der Waals surface area contributed by atoms with Crippen LogP contribution in [0.2, 0.25) is 0 Å². The van der Waals surface area contributed by atoms with Crippen LogP contribution >= 0.6 is 11.3 Å². The van der Waals surface area contributed by atoms with E-state index < -0.39 is 0 Å². The Kier molecular flexibility index (Phi) is 6.17. The van der Waals surface area contributed by atoms with Crippen molar-refractivity contribution in [2.45, 2.75) is 26.5 Å². The third kappa shape index (κ3) is 4.03. The van der Waals surface area contributed by atoms with Crippen molar-refractivity contribution in [3.63, 3.8) is 0 Å². The molecule has 0 aliphatic carbocycles. The van der Waals surface area contributed by atoms with Gasteiger partial charge in [-0.15, -0.1) is 11.3 Å². The average molecular weight is 306 g/mol. The molecule has 0 saturated heterocycles. The number of methoxy groups -OCH3 is 2. The quantitative estimate of drug-likeness (QED) is 0.759. The van der Waals surface area contributed by atoms with Crippen LogP contribution in [0.4, 0.5) is 0 Å². The monoisotopic (exact) mass is 306 g/mol. The first-order valence-corrected chi connectivity index (χ1v) is 7.93. The summed E-state index contributed by atoms with van der Waals surface area (Å²) in [5, 5.41) is 4.41. The normalized spacial score (nSPS) is 10.8. The first-order valence-electron chi connectivity index (χ1n) is 7.11. The molecule has 1 aromatic carbocycles. The van der Waals surface area contributed by atoms with Crippen molar-refractivity contribution in [2.24, 2.45) is 0 Å². The van der Waals surface area contributed by atoms with E-state index in [9.17, 15) is 0 Å². The topological polar surface area (TPSA) is 43.4 Å². The van der Waals surface area contributed by atoms with Gasteiger partial charge in [0.2, 0.25) is 0 Å². The number of rotatable bonds is 8. The van der Waals surface area contributed by atoms with E-state index in [4.69, 9.17) is 14.5 Å². The molecule has 0 atom stereocenters. The van der Waals surface area contributed by atoms with Crippen LogP contribution in [-0.4, -0.2) is 25.7 Å². The van der Waals surface area contributed by atoms with Gasteiger partial charge in [-0.05, 0) is 25.1 Å². The van der Waals surface area contributed by atoms with Crippen molar-refractivity contribution in [1.82, 2.24) is 10.3 Å². The van der Waals surface area contributed by atoms with Gasteiger partial charge in [-0.25, -0.2) is 4.98 Å². The van der Waals surface area contributed by atoms with Crippen LogP contribution in [0.3, 0.4) is 0 Å². The number of benzene rings is 1. The maximum atomic E-state index is 5.43. The minimum Gasteiger partial charge on any atom is -0.496 e. The molecule has 5 heteroatoms. The summed E-state index contributed by atoms with van der Waals surface area (Å²) >= 11 is 1.70. The van der Waals surface area contributed by atoms with E-state index in [1.54, 1.807) is 25.6 Å². The van der Waals surface area contributed by atoms with Crippen LogP contribution in [0.15, 0.2) is 24.3 Å². The smallest absolute Gasteiger partial charge is 0.129 e. The predicted octanol–water partition coefficient (Wildman–Crippen LogP) is 3.46. The fourth-order valence-corrected chi connectivity index (χ4v) is 3.15. The second-order valence-electron chi connectivity index (χ2n) is 4.70. The third-order valence-electron chi connectivity index (χ3n) is 3.11. The van der Waals surface area contributed by atoms with Gasteiger partial charge in [-0.3, -0.25) is 0 Å². The van der Waals surface area contributed by atoms with Crippen molar-refractivity contribution in [1.29, 1.82) is 0 Å². The number of hydrogen-bond acceptors (Lipinski definition) is 5. The van der Waals surface area contributed by atoms with Crippen molar-refractivity contribution in [3.8, 4) is 16.3 Å². The van der Waals surface area contributed by atoms with Gasteiger partial charge in [-0.1, -0.05) is 19.1 Å². The van der Waals surface area contributed by atoms with Crippen molar-refractivity contribution in [3.05, 3.63) is 34.8 Å². The summed E-state index contributed by atoms with van der Waals surface area (Å²) in [4.78, 5) is 5.96. The molecule has 2 rings (SSSR count). The molecule has 0 aliphatic heterocycles. The summed E-state index contributed by atoms with van der Waals surface area (Å²) in [7, 11) is 3.39. The lowest BCUT2D eigenvalue weighted by Crippen LogP contribution is -2.14. The second kappa shape index (κ2) is 8.12. The largest absolute Gasteiger partial charge is 0.496 e. The Morgan fingerprint density at radius 3 is 2.76 bits per heavy atom. The summed E-state index contributed by atoms with van der Waals surface area (Å²) in [5.74, 6) is 0.850. The number of thiazole rings is 1. The van der Waals surface area contributed by atoms with Gasteiger partial charge in [-0.2, -0.15) is 0 Å². The summed E-state index contributed by atoms with van der Waals surface area (Å²) in [6.45, 7) is 4.54. The minimum atomic E-state index is 0.536. The lowest BCUT2D eigenvalue weighted by molar-refractivity contribution is 0.181. The fraction of sp³-hybridized carbons (Fsp3) is 0.438. The standard InChI is InChI=1S/C16H22N2O2S/c1-4-9-17-10-15-13(11-19-2)18-16(21-15)12-7-5-6-8-14(12)20-3/h5-8,17H,4,9-11H2,1-3H3. The van der Waals surface area contributed by atoms with E-state index in [1.165, 1.54) is 4.88 Å². The van der Waals surface area contributed by atoms with Crippen LogP contribution in [0.25, 0.3) is 10.6 Å². The molecule has 0 bridgehead atoms. The number of para-hydroxylation sites is 1. The van der Waals surface area contributed by atoms with Crippen molar-refractivity contribution in [2.75, 3.05) is 20.8 Å². The van der Waals surface area contributed by atoms with Gasteiger partial charge < -0.3 is 14.8 Å². The second-order valence-corrected chi connectivity index (χ2v) is 5.78. The fourth-order valence-electron chi connectivity index (χ4n) is 2.09. The SMILES string of the molecule is CCCNCc1sc(-c2ccccc2OC)nc1COC. The molecule has 114 valence electrons. The van der Waals surface area contributed by atoms with Crippen molar-refractivity contribution < 1.29 is 9.47 Å². The number of ether oxygens (including phenoxy) is 2. The molecule has 0 fully saturated rings. The lowest BCUT2D eigenvalue weighted by atomic mass is 10.2. The molecule has 0 saturated carbocycles. The molecule has 0 spiro atoms. The molecule has 0 aliphatic rings. The first-order chi connectivity index (χ1) is 10.3. The Labute approximate surface area is 130 Å². The minimum absolute atomic E-state index is 0.536. The Hall–Kier alpha value is -1.43. The van der Waals surface area contributed by atoms with Crippen LogP contribution in [0, 0.1) is 0 Å². The Bertz CT molecular complexity index is 569. The average Bonchev–Trinajstić information content (AvgIpc) is 2.91. The highest BCUT2D eigenvalue weighted by atomic mass is 32.1. The zero-order valence-corrected chi connectivity index (χ0v) is 13.6. The summed E-state index contributed by atoms with van der Waals surface area (Å²) in [5.41, 5.74) is 2.04. The Morgan fingerprint density at radius 2 is 2.05 bits per heavy atom. The van der Waals surface area contributed by atoms with Crippen LogP contribution in [0.5, 0.6) is 5.75 Å². The van der Waals surface area contributed by atoms with Gasteiger partial charge in [0.05, 0.1) is 25.0 Å². The highest BCUT2D eigenvalue weighted by Crippen LogP contribution is 2.34. The highest BCUT2D eigenvalue weighted by molar-refractivity contribution is 7.15. The molecular formula is C16H22N2O2S. The van der Waals surface area contributed by atoms with E-state index in [2.05, 4.69) is 12.2 Å². The molecule has 21 heavy (non-hydrogen) atoms. The first kappa shape index (κ1) is 15.9. The summed E-state index contributed by atoms with van der Waals surface area (Å²) in [6.07, 6.45) is 1.12. The molecule has 1 N–H and O–H groups in total. The Balaban J connectivity index is 2.29. The van der Waals surface area contributed by atoms with Gasteiger partial charge in [0, 0.05) is 18.5 Å². The van der Waals surface area contributed by atoms with Crippen LogP contribution in [0.1, 0.15) is 23.9 Å². The number of nitrogens with one attached hydrogen (secondary N) is 1. The number of nitrogens with zero attached hydrogens (tertiary/aromatic N) is 1. The van der Waals surface area contributed by atoms with Gasteiger partial charge in [0.25, 0.3) is 0 Å². The predicted molar refractivity (Wildman–Crippen MR) is 86.8 cm³/mol. The molecule has 0 amide bonds. The molecule has 0 radical (unpaired) electrons. The highest BCUT2D eigenvalue weighted by Gasteiger charge is 2.14. The van der Waals surface area contributed by atoms with Gasteiger partial charge in [0.1, 0.15) is 10.8 Å². The van der Waals surface area contributed by atoms with E-state index in [-0.39, 0.29) is 0 Å². The van der Waals surface area contributed by atoms with Crippen LogP contribution in [-0.2, 0) is 17.9 Å². The maximum absolute atomic E-state index is 5.43. The van der Waals surface area contributed by atoms with Gasteiger partial charge in [0.15, 0.2) is 0 Å². The molecule has 2 aromatic rings. The Morgan fingerprint density at radius 1 is 1.24 bits per heavy atom. The van der Waals surface area contributed by atoms with E-state index in [0.717, 1.165) is 41.5 Å². The van der Waals surface area contributed by atoms with E-state index in [1.807, 2.05) is 24.3 Å². The molecular weight excluding hydrogens is 284 g/mol. The molecule has 4 nitrogen and oxygen atoms in total. The van der Waals surface area contributed by atoms with Crippen LogP contribution < -0.4 is 10.1 Å². The summed E-state index contributed by atoms with van der Waals surface area (Å²) < 4.78 is 10.7. The summed E-state index contributed by atoms with van der Waals surface area (Å²) in [6, 6.07) is 7.97. The van der Waals surface area contributed by atoms with E-state index >= 15 is 0 Å². The third-order valence-corrected chi connectivity index (χ3v) is 4.24. The maximum Gasteiger partial charge on any atom is 0.129 e. The van der Waals surface area contributed by atoms with E-state index in [0.29, 0.717) is 6.61 Å².